The Bertz CT molecular complexity index is 1060. The van der Waals surface area contributed by atoms with Crippen LogP contribution in [0.2, 0.25) is 4.34 Å². The molecule has 1 aromatic carbocycles. The number of nitrogens with zero attached hydrogens (tertiary/aromatic N) is 2. The number of sulfonamides is 1. The first-order chi connectivity index (χ1) is 13.9. The van der Waals surface area contributed by atoms with Gasteiger partial charge >= 0.3 is 11.8 Å². The number of primary amides is 1. The summed E-state index contributed by atoms with van der Waals surface area (Å²) in [5, 5.41) is -0.0601. The Morgan fingerprint density at radius 1 is 1.40 bits per heavy atom. The van der Waals surface area contributed by atoms with Gasteiger partial charge in [-0.05, 0) is 18.1 Å². The summed E-state index contributed by atoms with van der Waals surface area (Å²) in [6.07, 6.45) is 0.966. The van der Waals surface area contributed by atoms with E-state index in [2.05, 4.69) is 9.71 Å². The lowest BCUT2D eigenvalue weighted by molar-refractivity contribution is -0.135. The van der Waals surface area contributed by atoms with Crippen LogP contribution in [0, 0.1) is 11.7 Å². The molecule has 0 aliphatic heterocycles. The molecule has 3 N–H and O–H groups in total. The molecule has 0 unspecified atom stereocenters. The van der Waals surface area contributed by atoms with Gasteiger partial charge < -0.3 is 10.5 Å². The van der Waals surface area contributed by atoms with Gasteiger partial charge in [0.1, 0.15) is 15.9 Å². The minimum Gasteiger partial charge on any atom is -0.491 e. The number of hydrogen-bond donors (Lipinski definition) is 2. The van der Waals surface area contributed by atoms with Crippen molar-refractivity contribution in [3.8, 4) is 5.75 Å². The molecule has 2 amide bonds. The average Bonchev–Trinajstić information content (AvgIpc) is 2.99. The van der Waals surface area contributed by atoms with Gasteiger partial charge in [-0.2, -0.15) is 0 Å². The summed E-state index contributed by atoms with van der Waals surface area (Å²) in [7, 11) is -3.52. The second-order valence-corrected chi connectivity index (χ2v) is 10.0. The molecule has 0 spiro atoms. The average molecular weight is 479 g/mol. The van der Waals surface area contributed by atoms with Gasteiger partial charge in [-0.15, -0.1) is 0 Å². The maximum absolute atomic E-state index is 13.8. The van der Waals surface area contributed by atoms with Crippen LogP contribution in [-0.4, -0.2) is 38.1 Å². The maximum Gasteiger partial charge on any atom is 0.322 e. The zero-order valence-corrected chi connectivity index (χ0v) is 18.7. The Morgan fingerprint density at radius 3 is 2.63 bits per heavy atom. The summed E-state index contributed by atoms with van der Waals surface area (Å²) in [5.74, 6) is -2.94. The zero-order chi connectivity index (χ0) is 22.6. The highest BCUT2D eigenvalue weighted by Gasteiger charge is 2.29. The number of ether oxygens (including phenoxy) is 1. The largest absolute Gasteiger partial charge is 0.491 e. The second-order valence-electron chi connectivity index (χ2n) is 6.63. The minimum atomic E-state index is -3.52. The molecule has 0 saturated carbocycles. The monoisotopic (exact) mass is 478 g/mol. The Balaban J connectivity index is 2.53. The predicted molar refractivity (Wildman–Crippen MR) is 112 cm³/mol. The minimum absolute atomic E-state index is 0.000401. The number of halogens is 2. The number of thiazole rings is 1. The lowest BCUT2D eigenvalue weighted by Crippen LogP contribution is -2.37. The van der Waals surface area contributed by atoms with Crippen LogP contribution in [0.3, 0.4) is 0 Å². The van der Waals surface area contributed by atoms with Gasteiger partial charge in [0, 0.05) is 6.07 Å². The molecule has 1 aromatic heterocycles. The van der Waals surface area contributed by atoms with E-state index < -0.39 is 27.7 Å². The third kappa shape index (κ3) is 6.36. The van der Waals surface area contributed by atoms with Gasteiger partial charge in [-0.25, -0.2) is 27.4 Å². The molecule has 1 heterocycles. The van der Waals surface area contributed by atoms with Gasteiger partial charge in [-0.3, -0.25) is 9.59 Å². The summed E-state index contributed by atoms with van der Waals surface area (Å²) < 4.78 is 44.4. The molecule has 0 aliphatic carbocycles. The summed E-state index contributed by atoms with van der Waals surface area (Å²) >= 11 is 6.95. The standard InChI is InChI=1S/C17H20ClFN4O5S2/c1-9(2)8-28-13-6-10(19)4-5-12(13)23(16(25)15(20)24)17-22-11(14(18)29-17)7-21-30(3,26)27/h4-6,9,21H,7-8H2,1-3H3,(H2,20,24). The lowest BCUT2D eigenvalue weighted by Gasteiger charge is -2.22. The number of amides is 2. The fourth-order valence-electron chi connectivity index (χ4n) is 2.18. The van der Waals surface area contributed by atoms with Gasteiger partial charge in [0.15, 0.2) is 5.13 Å². The first-order valence-corrected chi connectivity index (χ1v) is 11.6. The van der Waals surface area contributed by atoms with Gasteiger partial charge in [0.2, 0.25) is 10.0 Å². The third-order valence-corrected chi connectivity index (χ3v) is 5.47. The van der Waals surface area contributed by atoms with Crippen molar-refractivity contribution in [2.45, 2.75) is 20.4 Å². The molecule has 164 valence electrons. The van der Waals surface area contributed by atoms with Gasteiger partial charge in [0.05, 0.1) is 30.8 Å². The highest BCUT2D eigenvalue weighted by atomic mass is 35.5. The van der Waals surface area contributed by atoms with Gasteiger partial charge in [-0.1, -0.05) is 36.8 Å². The molecule has 0 aliphatic rings. The molecule has 0 fully saturated rings. The predicted octanol–water partition coefficient (Wildman–Crippen LogP) is 2.17. The number of carbonyl (C=O) groups excluding carboxylic acids is 2. The van der Waals surface area contributed by atoms with E-state index in [-0.39, 0.29) is 45.7 Å². The van der Waals surface area contributed by atoms with E-state index in [1.807, 2.05) is 13.8 Å². The molecule has 0 saturated heterocycles. The molecule has 0 radical (unpaired) electrons. The number of rotatable bonds is 8. The summed E-state index contributed by atoms with van der Waals surface area (Å²) in [6.45, 7) is 3.75. The zero-order valence-electron chi connectivity index (χ0n) is 16.3. The molecule has 2 aromatic rings. The molecule has 30 heavy (non-hydrogen) atoms. The van der Waals surface area contributed by atoms with Crippen LogP contribution in [0.5, 0.6) is 5.75 Å². The number of nitrogens with two attached hydrogens (primary N) is 1. The van der Waals surface area contributed by atoms with E-state index in [0.29, 0.717) is 0 Å². The summed E-state index contributed by atoms with van der Waals surface area (Å²) in [4.78, 5) is 29.2. The molecular formula is C17H20ClFN4O5S2. The highest BCUT2D eigenvalue weighted by Crippen LogP contribution is 2.39. The Labute approximate surface area is 182 Å². The van der Waals surface area contributed by atoms with Crippen LogP contribution in [0.4, 0.5) is 15.2 Å². The van der Waals surface area contributed by atoms with Crippen LogP contribution in [0.25, 0.3) is 0 Å². The van der Waals surface area contributed by atoms with Crippen LogP contribution in [0.1, 0.15) is 19.5 Å². The van der Waals surface area contributed by atoms with Crippen LogP contribution < -0.4 is 20.1 Å². The van der Waals surface area contributed by atoms with E-state index in [9.17, 15) is 22.4 Å². The van der Waals surface area contributed by atoms with Crippen molar-refractivity contribution in [3.63, 3.8) is 0 Å². The number of nitrogens with one attached hydrogen (secondary N) is 1. The number of anilines is 2. The smallest absolute Gasteiger partial charge is 0.322 e. The molecule has 13 heteroatoms. The van der Waals surface area contributed by atoms with Gasteiger partial charge in [0.25, 0.3) is 0 Å². The Kier molecular flexibility index (Phi) is 7.75. The van der Waals surface area contributed by atoms with Crippen LogP contribution in [-0.2, 0) is 26.2 Å². The summed E-state index contributed by atoms with van der Waals surface area (Å²) in [6, 6.07) is 3.40. The number of aromatic nitrogens is 1. The normalized spacial score (nSPS) is 11.5. The van der Waals surface area contributed by atoms with Crippen molar-refractivity contribution >= 4 is 55.6 Å². The van der Waals surface area contributed by atoms with E-state index in [1.54, 1.807) is 0 Å². The fourth-order valence-corrected chi connectivity index (χ4v) is 3.72. The van der Waals surface area contributed by atoms with E-state index in [0.717, 1.165) is 34.6 Å². The van der Waals surface area contributed by atoms with Crippen molar-refractivity contribution < 1.29 is 27.1 Å². The summed E-state index contributed by atoms with van der Waals surface area (Å²) in [5.41, 5.74) is 5.35. The molecule has 0 bridgehead atoms. The van der Waals surface area contributed by atoms with Crippen LogP contribution >= 0.6 is 22.9 Å². The van der Waals surface area contributed by atoms with Crippen molar-refractivity contribution in [1.29, 1.82) is 0 Å². The Hall–Kier alpha value is -2.28. The quantitative estimate of drug-likeness (QED) is 0.559. The maximum atomic E-state index is 13.8. The first-order valence-electron chi connectivity index (χ1n) is 8.55. The van der Waals surface area contributed by atoms with Crippen molar-refractivity contribution in [2.24, 2.45) is 11.7 Å². The number of carbonyl (C=O) groups is 2. The lowest BCUT2D eigenvalue weighted by atomic mass is 10.2. The molecule has 0 atom stereocenters. The van der Waals surface area contributed by atoms with Crippen molar-refractivity contribution in [1.82, 2.24) is 9.71 Å². The second kappa shape index (κ2) is 9.69. The Morgan fingerprint density at radius 2 is 2.07 bits per heavy atom. The van der Waals surface area contributed by atoms with E-state index >= 15 is 0 Å². The molecule has 2 rings (SSSR count). The number of benzene rings is 1. The first kappa shape index (κ1) is 24.0. The fraction of sp³-hybridized carbons (Fsp3) is 0.353. The molecule has 9 nitrogen and oxygen atoms in total. The highest BCUT2D eigenvalue weighted by molar-refractivity contribution is 7.88. The van der Waals surface area contributed by atoms with E-state index in [4.69, 9.17) is 22.1 Å². The third-order valence-electron chi connectivity index (χ3n) is 3.48. The van der Waals surface area contributed by atoms with Crippen molar-refractivity contribution in [3.05, 3.63) is 34.0 Å². The van der Waals surface area contributed by atoms with Crippen LogP contribution in [0.15, 0.2) is 18.2 Å². The van der Waals surface area contributed by atoms with E-state index in [1.165, 1.54) is 6.07 Å². The molecular weight excluding hydrogens is 459 g/mol. The topological polar surface area (TPSA) is 132 Å². The SMILES string of the molecule is CC(C)COc1cc(F)ccc1N(C(=O)C(N)=O)c1nc(CNS(C)(=O)=O)c(Cl)s1. The van der Waals surface area contributed by atoms with Crippen molar-refractivity contribution in [2.75, 3.05) is 17.8 Å². The number of hydrogen-bond acceptors (Lipinski definition) is 7.